The van der Waals surface area contributed by atoms with Crippen molar-refractivity contribution in [1.82, 2.24) is 14.9 Å². The molecule has 0 aliphatic carbocycles. The number of carboxylic acid groups (broad SMARTS) is 1. The van der Waals surface area contributed by atoms with E-state index in [2.05, 4.69) is 20.2 Å². The van der Waals surface area contributed by atoms with Gasteiger partial charge in [-0.25, -0.2) is 31.5 Å². The fraction of sp³-hybridized carbons (Fsp3) is 0.167. The average Bonchev–Trinajstić information content (AvgIpc) is 3.03. The van der Waals surface area contributed by atoms with Crippen LogP contribution in [-0.4, -0.2) is 50.6 Å². The van der Waals surface area contributed by atoms with Crippen molar-refractivity contribution in [3.63, 3.8) is 0 Å². The first kappa shape index (κ1) is 20.8. The second-order valence-electron chi connectivity index (χ2n) is 4.94. The number of nitrogens with zero attached hydrogens (tertiary/aromatic N) is 2. The third-order valence-electron chi connectivity index (χ3n) is 2.95. The molecule has 0 unspecified atom stereocenters. The highest BCUT2D eigenvalue weighted by Gasteiger charge is 2.18. The molecule has 0 aliphatic heterocycles. The molecule has 0 aliphatic rings. The van der Waals surface area contributed by atoms with Crippen molar-refractivity contribution in [2.45, 2.75) is 15.7 Å². The number of carbonyl (C=O) groups excluding carboxylic acids is 1. The zero-order valence-electron chi connectivity index (χ0n) is 13.3. The molecule has 15 heteroatoms. The van der Waals surface area contributed by atoms with Gasteiger partial charge in [-0.1, -0.05) is 11.3 Å². The number of carboxylic acids is 1. The second kappa shape index (κ2) is 8.05. The van der Waals surface area contributed by atoms with Crippen molar-refractivity contribution < 1.29 is 31.5 Å². The lowest BCUT2D eigenvalue weighted by atomic mass is 10.2. The Kier molecular flexibility index (Phi) is 6.22. The number of amides is 1. The van der Waals surface area contributed by atoms with Crippen molar-refractivity contribution in [2.24, 2.45) is 5.14 Å². The van der Waals surface area contributed by atoms with E-state index < -0.39 is 36.3 Å². The number of anilines is 1. The van der Waals surface area contributed by atoms with Crippen LogP contribution in [0.2, 0.25) is 0 Å². The van der Waals surface area contributed by atoms with Crippen LogP contribution < -0.4 is 15.2 Å². The summed E-state index contributed by atoms with van der Waals surface area (Å²) in [6.45, 7) is -0.254. The third-order valence-corrected chi connectivity index (χ3v) is 6.58. The van der Waals surface area contributed by atoms with Gasteiger partial charge in [0.2, 0.25) is 25.4 Å². The molecule has 1 aromatic heterocycles. The summed E-state index contributed by atoms with van der Waals surface area (Å²) in [7, 11) is -7.96. The summed E-state index contributed by atoms with van der Waals surface area (Å²) in [5.41, 5.74) is -0.0655. The Hall–Kier alpha value is -2.46. The van der Waals surface area contributed by atoms with Gasteiger partial charge >= 0.3 is 5.97 Å². The zero-order chi connectivity index (χ0) is 20.2. The molecule has 0 atom stereocenters. The van der Waals surface area contributed by atoms with Gasteiger partial charge in [0, 0.05) is 13.0 Å². The summed E-state index contributed by atoms with van der Waals surface area (Å²) >= 11 is 0.554. The molecule has 0 spiro atoms. The van der Waals surface area contributed by atoms with Gasteiger partial charge in [0.15, 0.2) is 0 Å². The summed E-state index contributed by atoms with van der Waals surface area (Å²) in [5.74, 6) is -1.82. The van der Waals surface area contributed by atoms with E-state index in [1.54, 1.807) is 0 Å². The highest BCUT2D eigenvalue weighted by Crippen LogP contribution is 2.18. The lowest BCUT2D eigenvalue weighted by molar-refractivity contribution is -0.116. The van der Waals surface area contributed by atoms with E-state index in [-0.39, 0.29) is 28.6 Å². The normalized spacial score (nSPS) is 11.9. The fourth-order valence-corrected chi connectivity index (χ4v) is 4.10. The van der Waals surface area contributed by atoms with Crippen LogP contribution in [0.1, 0.15) is 16.8 Å². The standard InChI is InChI=1S/C12H13N5O7S3/c13-26(21,22)12-17-16-11(25-12)15-9(18)5-6-14-27(23,24)8-3-1-7(2-4-8)10(19)20/h1-4,14H,5-6H2,(H,19,20)(H2,13,21,22)(H,15,16,18). The number of primary sulfonamides is 1. The van der Waals surface area contributed by atoms with Crippen LogP contribution in [0.5, 0.6) is 0 Å². The fourth-order valence-electron chi connectivity index (χ4n) is 1.72. The van der Waals surface area contributed by atoms with E-state index in [0.717, 1.165) is 24.3 Å². The molecule has 1 heterocycles. The molecule has 2 aromatic rings. The Labute approximate surface area is 157 Å². The molecule has 0 radical (unpaired) electrons. The van der Waals surface area contributed by atoms with Crippen LogP contribution in [0, 0.1) is 0 Å². The van der Waals surface area contributed by atoms with Gasteiger partial charge in [-0.3, -0.25) is 4.79 Å². The van der Waals surface area contributed by atoms with E-state index in [4.69, 9.17) is 10.2 Å². The van der Waals surface area contributed by atoms with Crippen molar-refractivity contribution in [3.8, 4) is 0 Å². The van der Waals surface area contributed by atoms with Gasteiger partial charge in [0.25, 0.3) is 10.0 Å². The number of hydrogen-bond donors (Lipinski definition) is 4. The maximum atomic E-state index is 12.1. The Morgan fingerprint density at radius 1 is 1.11 bits per heavy atom. The largest absolute Gasteiger partial charge is 0.478 e. The van der Waals surface area contributed by atoms with Gasteiger partial charge in [-0.2, -0.15) is 0 Å². The van der Waals surface area contributed by atoms with Crippen molar-refractivity contribution in [1.29, 1.82) is 0 Å². The lowest BCUT2D eigenvalue weighted by Gasteiger charge is -2.07. The molecule has 146 valence electrons. The molecule has 5 N–H and O–H groups in total. The number of aromatic nitrogens is 2. The smallest absolute Gasteiger partial charge is 0.335 e. The number of hydrogen-bond acceptors (Lipinski definition) is 9. The van der Waals surface area contributed by atoms with E-state index in [0.29, 0.717) is 11.3 Å². The van der Waals surface area contributed by atoms with Gasteiger partial charge in [-0.15, -0.1) is 10.2 Å². The van der Waals surface area contributed by atoms with Gasteiger partial charge in [0.05, 0.1) is 10.5 Å². The van der Waals surface area contributed by atoms with Crippen LogP contribution in [0.15, 0.2) is 33.5 Å². The molecule has 0 saturated carbocycles. The number of aromatic carboxylic acids is 1. The summed E-state index contributed by atoms with van der Waals surface area (Å²) in [6, 6.07) is 4.54. The van der Waals surface area contributed by atoms with Gasteiger partial charge < -0.3 is 10.4 Å². The highest BCUT2D eigenvalue weighted by molar-refractivity contribution is 7.91. The highest BCUT2D eigenvalue weighted by atomic mass is 32.2. The van der Waals surface area contributed by atoms with E-state index >= 15 is 0 Å². The molecule has 1 amide bonds. The molecule has 1 aromatic carbocycles. The van der Waals surface area contributed by atoms with Crippen LogP contribution in [0.4, 0.5) is 5.13 Å². The second-order valence-corrected chi connectivity index (χ2v) is 9.42. The number of sulfonamides is 2. The van der Waals surface area contributed by atoms with Gasteiger partial charge in [-0.05, 0) is 24.3 Å². The minimum Gasteiger partial charge on any atom is -0.478 e. The molecular formula is C12H13N5O7S3. The van der Waals surface area contributed by atoms with Crippen molar-refractivity contribution in [2.75, 3.05) is 11.9 Å². The summed E-state index contributed by atoms with van der Waals surface area (Å²) in [5, 5.41) is 22.6. The first-order valence-corrected chi connectivity index (χ1v) is 10.8. The Bertz CT molecular complexity index is 1060. The SMILES string of the molecule is NS(=O)(=O)c1nnc(NC(=O)CCNS(=O)(=O)c2ccc(C(=O)O)cc2)s1. The summed E-state index contributed by atoms with van der Waals surface area (Å²) in [6.07, 6.45) is -0.267. The Morgan fingerprint density at radius 3 is 2.26 bits per heavy atom. The quantitative estimate of drug-likeness (QED) is 0.383. The monoisotopic (exact) mass is 435 g/mol. The molecule has 0 fully saturated rings. The van der Waals surface area contributed by atoms with E-state index in [1.807, 2.05) is 0 Å². The molecule has 0 bridgehead atoms. The van der Waals surface area contributed by atoms with Gasteiger partial charge in [0.1, 0.15) is 0 Å². The maximum absolute atomic E-state index is 12.1. The molecule has 2 rings (SSSR count). The first-order valence-electron chi connectivity index (χ1n) is 6.98. The summed E-state index contributed by atoms with van der Waals surface area (Å²) in [4.78, 5) is 22.4. The number of nitrogens with two attached hydrogens (primary N) is 1. The molecule has 27 heavy (non-hydrogen) atoms. The maximum Gasteiger partial charge on any atom is 0.335 e. The van der Waals surface area contributed by atoms with Crippen LogP contribution in [0.3, 0.4) is 0 Å². The zero-order valence-corrected chi connectivity index (χ0v) is 15.8. The Balaban J connectivity index is 1.90. The van der Waals surface area contributed by atoms with Crippen LogP contribution >= 0.6 is 11.3 Å². The summed E-state index contributed by atoms with van der Waals surface area (Å²) < 4.78 is 48.0. The van der Waals surface area contributed by atoms with Crippen LogP contribution in [-0.2, 0) is 24.8 Å². The predicted octanol–water partition coefficient (Wildman–Crippen LogP) is -0.809. The minimum absolute atomic E-state index is 0.0655. The predicted molar refractivity (Wildman–Crippen MR) is 93.1 cm³/mol. The third kappa shape index (κ3) is 5.76. The lowest BCUT2D eigenvalue weighted by Crippen LogP contribution is -2.27. The average molecular weight is 435 g/mol. The Morgan fingerprint density at radius 2 is 1.74 bits per heavy atom. The topological polar surface area (TPSA) is 199 Å². The molecular weight excluding hydrogens is 422 g/mol. The number of nitrogens with one attached hydrogen (secondary N) is 2. The molecule has 12 nitrogen and oxygen atoms in total. The van der Waals surface area contributed by atoms with Crippen molar-refractivity contribution >= 4 is 48.4 Å². The number of rotatable bonds is 8. The number of carbonyl (C=O) groups is 2. The molecule has 0 saturated heterocycles. The van der Waals surface area contributed by atoms with Crippen LogP contribution in [0.25, 0.3) is 0 Å². The van der Waals surface area contributed by atoms with E-state index in [1.165, 1.54) is 0 Å². The first-order chi connectivity index (χ1) is 12.5. The van der Waals surface area contributed by atoms with Crippen molar-refractivity contribution in [3.05, 3.63) is 29.8 Å². The van der Waals surface area contributed by atoms with E-state index in [9.17, 15) is 26.4 Å². The number of benzene rings is 1. The minimum atomic E-state index is -4.03.